The Morgan fingerprint density at radius 3 is 2.46 bits per heavy atom. The number of hydrogen-bond acceptors (Lipinski definition) is 5. The number of carbonyl (C=O) groups excluding carboxylic acids is 2. The standard InChI is InChI=1S/C19H14N2O5/c22-18(20-16-10-3-4-11-17(16)21(24)25)12-26-19(23)15-9-5-7-13-6-1-2-8-14(13)15/h1-11H,12H2,(H,20,22). The van der Waals surface area contributed by atoms with Crippen molar-refractivity contribution >= 4 is 34.0 Å². The fourth-order valence-electron chi connectivity index (χ4n) is 2.54. The molecule has 0 bridgehead atoms. The van der Waals surface area contributed by atoms with Crippen LogP contribution in [0.5, 0.6) is 0 Å². The average molecular weight is 350 g/mol. The zero-order chi connectivity index (χ0) is 18.5. The molecule has 130 valence electrons. The number of nitrogens with one attached hydrogen (secondary N) is 1. The topological polar surface area (TPSA) is 98.5 Å². The molecule has 0 saturated heterocycles. The second-order valence-electron chi connectivity index (χ2n) is 5.43. The Morgan fingerprint density at radius 1 is 0.962 bits per heavy atom. The molecule has 0 spiro atoms. The molecule has 0 aliphatic heterocycles. The van der Waals surface area contributed by atoms with Gasteiger partial charge in [-0.05, 0) is 22.9 Å². The molecule has 0 unspecified atom stereocenters. The van der Waals surface area contributed by atoms with Crippen LogP contribution in [0.15, 0.2) is 66.7 Å². The number of nitro groups is 1. The number of carbonyl (C=O) groups is 2. The van der Waals surface area contributed by atoms with Gasteiger partial charge >= 0.3 is 5.97 Å². The molecule has 0 saturated carbocycles. The molecule has 0 atom stereocenters. The Kier molecular flexibility index (Phi) is 4.89. The number of para-hydroxylation sites is 2. The smallest absolute Gasteiger partial charge is 0.339 e. The molecule has 0 heterocycles. The van der Waals surface area contributed by atoms with Gasteiger partial charge in [0.15, 0.2) is 6.61 Å². The van der Waals surface area contributed by atoms with Crippen molar-refractivity contribution in [2.45, 2.75) is 0 Å². The molecule has 0 aromatic heterocycles. The van der Waals surface area contributed by atoms with E-state index >= 15 is 0 Å². The predicted molar refractivity (Wildman–Crippen MR) is 96.0 cm³/mol. The number of rotatable bonds is 5. The summed E-state index contributed by atoms with van der Waals surface area (Å²) >= 11 is 0. The van der Waals surface area contributed by atoms with Crippen LogP contribution in [-0.4, -0.2) is 23.4 Å². The van der Waals surface area contributed by atoms with E-state index < -0.39 is 23.4 Å². The van der Waals surface area contributed by atoms with E-state index in [0.29, 0.717) is 5.56 Å². The first kappa shape index (κ1) is 17.1. The average Bonchev–Trinajstić information content (AvgIpc) is 2.66. The van der Waals surface area contributed by atoms with Gasteiger partial charge in [-0.15, -0.1) is 0 Å². The van der Waals surface area contributed by atoms with Crippen molar-refractivity contribution in [1.29, 1.82) is 0 Å². The number of benzene rings is 3. The van der Waals surface area contributed by atoms with Crippen LogP contribution in [0.3, 0.4) is 0 Å². The Hall–Kier alpha value is -3.74. The van der Waals surface area contributed by atoms with Gasteiger partial charge in [0.1, 0.15) is 5.69 Å². The second-order valence-corrected chi connectivity index (χ2v) is 5.43. The lowest BCUT2D eigenvalue weighted by molar-refractivity contribution is -0.383. The lowest BCUT2D eigenvalue weighted by atomic mass is 10.1. The van der Waals surface area contributed by atoms with Crippen LogP contribution in [0.25, 0.3) is 10.8 Å². The molecule has 7 nitrogen and oxygen atoms in total. The van der Waals surface area contributed by atoms with Crippen molar-refractivity contribution in [1.82, 2.24) is 0 Å². The zero-order valence-corrected chi connectivity index (χ0v) is 13.5. The summed E-state index contributed by atoms with van der Waals surface area (Å²) in [7, 11) is 0. The van der Waals surface area contributed by atoms with E-state index in [1.54, 1.807) is 30.3 Å². The summed E-state index contributed by atoms with van der Waals surface area (Å²) in [5.74, 6) is -1.30. The van der Waals surface area contributed by atoms with Gasteiger partial charge in [-0.25, -0.2) is 4.79 Å². The molecule has 0 radical (unpaired) electrons. The maximum absolute atomic E-state index is 12.3. The largest absolute Gasteiger partial charge is 0.452 e. The molecular weight excluding hydrogens is 336 g/mol. The Bertz CT molecular complexity index is 995. The number of amides is 1. The van der Waals surface area contributed by atoms with E-state index in [2.05, 4.69) is 5.32 Å². The van der Waals surface area contributed by atoms with E-state index in [-0.39, 0.29) is 11.4 Å². The summed E-state index contributed by atoms with van der Waals surface area (Å²) in [5, 5.41) is 14.9. The molecular formula is C19H14N2O5. The Morgan fingerprint density at radius 2 is 1.65 bits per heavy atom. The summed E-state index contributed by atoms with van der Waals surface area (Å²) in [6.07, 6.45) is 0. The Labute approximate surface area is 148 Å². The van der Waals surface area contributed by atoms with Crippen LogP contribution in [0.1, 0.15) is 10.4 Å². The molecule has 0 aliphatic rings. The summed E-state index contributed by atoms with van der Waals surface area (Å²) in [4.78, 5) is 34.6. The highest BCUT2D eigenvalue weighted by Gasteiger charge is 2.17. The third-order valence-electron chi connectivity index (χ3n) is 3.72. The Balaban J connectivity index is 1.68. The van der Waals surface area contributed by atoms with Gasteiger partial charge in [-0.2, -0.15) is 0 Å². The quantitative estimate of drug-likeness (QED) is 0.431. The molecule has 3 rings (SSSR count). The first-order chi connectivity index (χ1) is 12.6. The van der Waals surface area contributed by atoms with Gasteiger partial charge in [0.05, 0.1) is 10.5 Å². The fraction of sp³-hybridized carbons (Fsp3) is 0.0526. The van der Waals surface area contributed by atoms with E-state index in [0.717, 1.165) is 10.8 Å². The minimum Gasteiger partial charge on any atom is -0.452 e. The maximum Gasteiger partial charge on any atom is 0.339 e. The molecule has 3 aromatic rings. The lowest BCUT2D eigenvalue weighted by Gasteiger charge is -2.08. The van der Waals surface area contributed by atoms with E-state index in [4.69, 9.17) is 4.74 Å². The van der Waals surface area contributed by atoms with Gasteiger partial charge in [0, 0.05) is 6.07 Å². The number of anilines is 1. The number of fused-ring (bicyclic) bond motifs is 1. The molecule has 7 heteroatoms. The molecule has 26 heavy (non-hydrogen) atoms. The molecule has 0 aliphatic carbocycles. The minimum absolute atomic E-state index is 0.0451. The van der Waals surface area contributed by atoms with Crippen LogP contribution in [0.2, 0.25) is 0 Å². The van der Waals surface area contributed by atoms with Crippen molar-refractivity contribution < 1.29 is 19.2 Å². The van der Waals surface area contributed by atoms with Crippen LogP contribution < -0.4 is 5.32 Å². The van der Waals surface area contributed by atoms with Crippen molar-refractivity contribution in [3.05, 3.63) is 82.4 Å². The summed E-state index contributed by atoms with van der Waals surface area (Å²) < 4.78 is 5.05. The number of ether oxygens (including phenoxy) is 1. The predicted octanol–water partition coefficient (Wildman–Crippen LogP) is 3.54. The van der Waals surface area contributed by atoms with Gasteiger partial charge in [-0.3, -0.25) is 14.9 Å². The molecule has 0 fully saturated rings. The summed E-state index contributed by atoms with van der Waals surface area (Å²) in [6.45, 7) is -0.548. The maximum atomic E-state index is 12.3. The second kappa shape index (κ2) is 7.43. The van der Waals surface area contributed by atoms with Crippen LogP contribution >= 0.6 is 0 Å². The van der Waals surface area contributed by atoms with Crippen LogP contribution in [0.4, 0.5) is 11.4 Å². The highest BCUT2D eigenvalue weighted by molar-refractivity contribution is 6.05. The van der Waals surface area contributed by atoms with E-state index in [1.807, 2.05) is 18.2 Å². The van der Waals surface area contributed by atoms with Crippen LogP contribution in [-0.2, 0) is 9.53 Å². The zero-order valence-electron chi connectivity index (χ0n) is 13.5. The van der Waals surface area contributed by atoms with Crippen molar-refractivity contribution in [2.75, 3.05) is 11.9 Å². The fourth-order valence-corrected chi connectivity index (χ4v) is 2.54. The number of hydrogen-bond donors (Lipinski definition) is 1. The van der Waals surface area contributed by atoms with Crippen molar-refractivity contribution in [3.8, 4) is 0 Å². The minimum atomic E-state index is -0.659. The van der Waals surface area contributed by atoms with Gasteiger partial charge in [0.2, 0.25) is 0 Å². The van der Waals surface area contributed by atoms with Gasteiger partial charge in [-0.1, -0.05) is 48.5 Å². The number of esters is 1. The van der Waals surface area contributed by atoms with E-state index in [9.17, 15) is 19.7 Å². The lowest BCUT2D eigenvalue weighted by Crippen LogP contribution is -2.21. The first-order valence-electron chi connectivity index (χ1n) is 7.74. The monoisotopic (exact) mass is 350 g/mol. The summed E-state index contributed by atoms with van der Waals surface area (Å²) in [5.41, 5.74) is 0.159. The number of nitro benzene ring substituents is 1. The highest BCUT2D eigenvalue weighted by Crippen LogP contribution is 2.23. The van der Waals surface area contributed by atoms with Crippen molar-refractivity contribution in [3.63, 3.8) is 0 Å². The summed E-state index contributed by atoms with van der Waals surface area (Å²) in [6, 6.07) is 18.3. The third kappa shape index (κ3) is 3.67. The highest BCUT2D eigenvalue weighted by atomic mass is 16.6. The van der Waals surface area contributed by atoms with Crippen molar-refractivity contribution in [2.24, 2.45) is 0 Å². The molecule has 3 aromatic carbocycles. The third-order valence-corrected chi connectivity index (χ3v) is 3.72. The number of nitrogens with zero attached hydrogens (tertiary/aromatic N) is 1. The van der Waals surface area contributed by atoms with Gasteiger partial charge < -0.3 is 10.1 Å². The molecule has 1 amide bonds. The van der Waals surface area contributed by atoms with Crippen LogP contribution in [0, 0.1) is 10.1 Å². The molecule has 1 N–H and O–H groups in total. The normalized spacial score (nSPS) is 10.3. The SMILES string of the molecule is O=C(COC(=O)c1cccc2ccccc12)Nc1ccccc1[N+](=O)[O-]. The van der Waals surface area contributed by atoms with Gasteiger partial charge in [0.25, 0.3) is 11.6 Å². The first-order valence-corrected chi connectivity index (χ1v) is 7.74. The van der Waals surface area contributed by atoms with E-state index in [1.165, 1.54) is 18.2 Å².